The Labute approximate surface area is 134 Å². The molecule has 0 fully saturated rings. The van der Waals surface area contributed by atoms with Crippen LogP contribution in [0.1, 0.15) is 71.1 Å². The number of ether oxygens (including phenoxy) is 2. The van der Waals surface area contributed by atoms with Crippen molar-refractivity contribution in [2.75, 3.05) is 25.3 Å². The Kier molecular flexibility index (Phi) is 19.3. The lowest BCUT2D eigenvalue weighted by Gasteiger charge is -2.04. The Bertz CT molecular complexity index is 195. The van der Waals surface area contributed by atoms with Gasteiger partial charge in [-0.05, 0) is 32.1 Å². The van der Waals surface area contributed by atoms with Crippen LogP contribution in [0.5, 0.6) is 0 Å². The first-order chi connectivity index (χ1) is 9.91. The van der Waals surface area contributed by atoms with Crippen molar-refractivity contribution in [2.45, 2.75) is 71.1 Å². The van der Waals surface area contributed by atoms with Crippen molar-refractivity contribution in [3.05, 3.63) is 12.2 Å². The minimum atomic E-state index is 0.451. The summed E-state index contributed by atoms with van der Waals surface area (Å²) in [7, 11) is 0. The largest absolute Gasteiger partial charge is 0.355 e. The van der Waals surface area contributed by atoms with Crippen LogP contribution in [0.2, 0.25) is 0 Å². The predicted octanol–water partition coefficient (Wildman–Crippen LogP) is 5.85. The van der Waals surface area contributed by atoms with Gasteiger partial charge in [0.1, 0.15) is 6.79 Å². The average molecular weight is 349 g/mol. The molecule has 0 rings (SSSR count). The summed E-state index contributed by atoms with van der Waals surface area (Å²) in [6.07, 6.45) is 17.0. The van der Waals surface area contributed by atoms with Gasteiger partial charge in [0.15, 0.2) is 0 Å². The second kappa shape index (κ2) is 19.1. The second-order valence-corrected chi connectivity index (χ2v) is 5.94. The molecule has 0 bridgehead atoms. The minimum absolute atomic E-state index is 0.451. The number of allylic oxidation sites excluding steroid dienone is 1. The lowest BCUT2D eigenvalue weighted by atomic mass is 10.1. The van der Waals surface area contributed by atoms with E-state index >= 15 is 0 Å². The smallest absolute Gasteiger partial charge is 0.146 e. The van der Waals surface area contributed by atoms with E-state index in [-0.39, 0.29) is 0 Å². The van der Waals surface area contributed by atoms with Crippen molar-refractivity contribution in [3.8, 4) is 0 Å². The molecule has 0 saturated heterocycles. The maximum absolute atomic E-state index is 5.42. The average Bonchev–Trinajstić information content (AvgIpc) is 2.47. The van der Waals surface area contributed by atoms with Gasteiger partial charge >= 0.3 is 0 Å². The summed E-state index contributed by atoms with van der Waals surface area (Å²) in [5, 5.41) is 1.14. The Morgan fingerprint density at radius 3 is 2.25 bits per heavy atom. The van der Waals surface area contributed by atoms with E-state index in [1.54, 1.807) is 0 Å². The number of hydrogen-bond acceptors (Lipinski definition) is 2. The standard InChI is InChI=1S/C17H33BrO2/c1-2-3-4-12-15-19-17-20-16-13-10-8-6-5-7-9-11-14-18/h8,10H,2-7,9,11-17H2,1H3. The number of rotatable bonds is 16. The van der Waals surface area contributed by atoms with E-state index in [2.05, 4.69) is 35.0 Å². The maximum Gasteiger partial charge on any atom is 0.146 e. The van der Waals surface area contributed by atoms with Crippen molar-refractivity contribution in [3.63, 3.8) is 0 Å². The van der Waals surface area contributed by atoms with Gasteiger partial charge in [0, 0.05) is 11.9 Å². The Morgan fingerprint density at radius 1 is 0.750 bits per heavy atom. The Hall–Kier alpha value is 0.140. The maximum atomic E-state index is 5.42. The molecule has 0 aromatic carbocycles. The van der Waals surface area contributed by atoms with Gasteiger partial charge in [0.05, 0.1) is 6.61 Å². The quantitative estimate of drug-likeness (QED) is 0.151. The molecule has 0 aromatic rings. The van der Waals surface area contributed by atoms with Crippen LogP contribution in [-0.2, 0) is 9.47 Å². The zero-order valence-corrected chi connectivity index (χ0v) is 14.8. The van der Waals surface area contributed by atoms with Crippen LogP contribution in [0.15, 0.2) is 12.2 Å². The van der Waals surface area contributed by atoms with Crippen LogP contribution < -0.4 is 0 Å². The van der Waals surface area contributed by atoms with Gasteiger partial charge in [-0.15, -0.1) is 0 Å². The molecule has 0 atom stereocenters. The fraction of sp³-hybridized carbons (Fsp3) is 0.882. The van der Waals surface area contributed by atoms with E-state index in [9.17, 15) is 0 Å². The van der Waals surface area contributed by atoms with E-state index in [4.69, 9.17) is 9.47 Å². The van der Waals surface area contributed by atoms with Gasteiger partial charge in [-0.1, -0.05) is 67.1 Å². The summed E-state index contributed by atoms with van der Waals surface area (Å²) in [6.45, 7) is 4.28. The molecular weight excluding hydrogens is 316 g/mol. The third-order valence-electron chi connectivity index (χ3n) is 3.16. The summed E-state index contributed by atoms with van der Waals surface area (Å²) >= 11 is 3.46. The Morgan fingerprint density at radius 2 is 1.45 bits per heavy atom. The van der Waals surface area contributed by atoms with E-state index in [0.717, 1.165) is 31.4 Å². The molecule has 0 aliphatic heterocycles. The fourth-order valence-electron chi connectivity index (χ4n) is 1.90. The van der Waals surface area contributed by atoms with Gasteiger partial charge < -0.3 is 9.47 Å². The summed E-state index contributed by atoms with van der Waals surface area (Å²) in [5.41, 5.74) is 0. The first kappa shape index (κ1) is 20.1. The second-order valence-electron chi connectivity index (χ2n) is 5.15. The van der Waals surface area contributed by atoms with Crippen LogP contribution >= 0.6 is 15.9 Å². The molecule has 3 heteroatoms. The molecule has 0 unspecified atom stereocenters. The first-order valence-corrected chi connectivity index (χ1v) is 9.40. The predicted molar refractivity (Wildman–Crippen MR) is 91.5 cm³/mol. The monoisotopic (exact) mass is 348 g/mol. The molecule has 0 aliphatic carbocycles. The molecule has 20 heavy (non-hydrogen) atoms. The highest BCUT2D eigenvalue weighted by molar-refractivity contribution is 9.09. The van der Waals surface area contributed by atoms with Crippen LogP contribution in [0.25, 0.3) is 0 Å². The number of hydrogen-bond donors (Lipinski definition) is 0. The third-order valence-corrected chi connectivity index (χ3v) is 3.72. The van der Waals surface area contributed by atoms with E-state index in [1.807, 2.05) is 0 Å². The van der Waals surface area contributed by atoms with Crippen LogP contribution in [0.4, 0.5) is 0 Å². The van der Waals surface area contributed by atoms with Crippen molar-refractivity contribution < 1.29 is 9.47 Å². The molecule has 0 aliphatic rings. The van der Waals surface area contributed by atoms with E-state index < -0.39 is 0 Å². The molecule has 0 heterocycles. The van der Waals surface area contributed by atoms with Crippen molar-refractivity contribution in [1.82, 2.24) is 0 Å². The zero-order chi connectivity index (χ0) is 14.7. The molecule has 0 aromatic heterocycles. The summed E-state index contributed by atoms with van der Waals surface area (Å²) in [6, 6.07) is 0. The molecule has 0 saturated carbocycles. The fourth-order valence-corrected chi connectivity index (χ4v) is 2.30. The zero-order valence-electron chi connectivity index (χ0n) is 13.2. The van der Waals surface area contributed by atoms with E-state index in [0.29, 0.717) is 6.79 Å². The van der Waals surface area contributed by atoms with Crippen molar-refractivity contribution in [2.24, 2.45) is 0 Å². The first-order valence-electron chi connectivity index (χ1n) is 8.28. The summed E-state index contributed by atoms with van der Waals surface area (Å²) in [5.74, 6) is 0. The van der Waals surface area contributed by atoms with Gasteiger partial charge in [0.2, 0.25) is 0 Å². The van der Waals surface area contributed by atoms with Crippen molar-refractivity contribution >= 4 is 15.9 Å². The minimum Gasteiger partial charge on any atom is -0.355 e. The number of alkyl halides is 1. The van der Waals surface area contributed by atoms with E-state index in [1.165, 1.54) is 51.4 Å². The highest BCUT2D eigenvalue weighted by atomic mass is 79.9. The molecule has 2 nitrogen and oxygen atoms in total. The SMILES string of the molecule is CCCCCCOCOCCC=CCCCCCCBr. The molecule has 0 N–H and O–H groups in total. The molecule has 0 amide bonds. The molecule has 0 radical (unpaired) electrons. The lowest BCUT2D eigenvalue weighted by Crippen LogP contribution is -2.02. The van der Waals surface area contributed by atoms with Gasteiger partial charge in [0.25, 0.3) is 0 Å². The van der Waals surface area contributed by atoms with Gasteiger partial charge in [-0.3, -0.25) is 0 Å². The third kappa shape index (κ3) is 18.1. The molecule has 120 valence electrons. The Balaban J connectivity index is 3.01. The lowest BCUT2D eigenvalue weighted by molar-refractivity contribution is -0.0531. The van der Waals surface area contributed by atoms with Crippen LogP contribution in [-0.4, -0.2) is 25.3 Å². The van der Waals surface area contributed by atoms with Gasteiger partial charge in [-0.2, -0.15) is 0 Å². The summed E-state index contributed by atoms with van der Waals surface area (Å²) < 4.78 is 10.8. The van der Waals surface area contributed by atoms with Crippen LogP contribution in [0, 0.1) is 0 Å². The topological polar surface area (TPSA) is 18.5 Å². The van der Waals surface area contributed by atoms with Crippen LogP contribution in [0.3, 0.4) is 0 Å². The highest BCUT2D eigenvalue weighted by Gasteiger charge is 1.90. The highest BCUT2D eigenvalue weighted by Crippen LogP contribution is 2.05. The molecule has 0 spiro atoms. The molecular formula is C17H33BrO2. The van der Waals surface area contributed by atoms with Crippen molar-refractivity contribution in [1.29, 1.82) is 0 Å². The normalized spacial score (nSPS) is 11.5. The van der Waals surface area contributed by atoms with Gasteiger partial charge in [-0.25, -0.2) is 0 Å². The number of halogens is 1. The summed E-state index contributed by atoms with van der Waals surface area (Å²) in [4.78, 5) is 0. The number of unbranched alkanes of at least 4 members (excludes halogenated alkanes) is 7.